The van der Waals surface area contributed by atoms with Gasteiger partial charge in [-0.05, 0) is 6.92 Å². The van der Waals surface area contributed by atoms with Crippen LogP contribution < -0.4 is 4.74 Å². The van der Waals surface area contributed by atoms with Crippen LogP contribution in [0.5, 0.6) is 5.75 Å². The second kappa shape index (κ2) is 4.70. The van der Waals surface area contributed by atoms with E-state index in [1.807, 2.05) is 0 Å². The second-order valence-electron chi connectivity index (χ2n) is 3.08. The molecule has 0 spiro atoms. The van der Waals surface area contributed by atoms with Gasteiger partial charge in [-0.2, -0.15) is 0 Å². The summed E-state index contributed by atoms with van der Waals surface area (Å²) in [6, 6.07) is 0. The quantitative estimate of drug-likeness (QED) is 0.481. The number of hydrogen-bond donors (Lipinski definition) is 0. The van der Waals surface area contributed by atoms with Crippen LogP contribution in [-0.2, 0) is 0 Å². The van der Waals surface area contributed by atoms with Crippen LogP contribution in [0.15, 0.2) is 6.20 Å². The Bertz CT molecular complexity index is 475. The fraction of sp³-hybridized carbons (Fsp3) is 0.375. The van der Waals surface area contributed by atoms with E-state index in [4.69, 9.17) is 0 Å². The van der Waals surface area contributed by atoms with Crippen molar-refractivity contribution in [1.29, 1.82) is 0 Å². The molecule has 0 aromatic carbocycles. The lowest BCUT2D eigenvalue weighted by molar-refractivity contribution is -0.389. The number of nitrogens with zero attached hydrogens (tertiary/aromatic N) is 2. The van der Waals surface area contributed by atoms with Crippen molar-refractivity contribution < 1.29 is 31.6 Å². The topological polar surface area (TPSA) is 65.3 Å². The maximum Gasteiger partial charge on any atom is 0.573 e. The summed E-state index contributed by atoms with van der Waals surface area (Å²) in [5.41, 5.74) is -3.00. The lowest BCUT2D eigenvalue weighted by atomic mass is 10.1. The monoisotopic (exact) mass is 272 g/mol. The van der Waals surface area contributed by atoms with Gasteiger partial charge in [-0.3, -0.25) is 15.1 Å². The first-order chi connectivity index (χ1) is 8.13. The summed E-state index contributed by atoms with van der Waals surface area (Å²) in [6.07, 6.45) is -8.26. The molecule has 0 fully saturated rings. The summed E-state index contributed by atoms with van der Waals surface area (Å²) in [7, 11) is 0. The van der Waals surface area contributed by atoms with Gasteiger partial charge in [0.15, 0.2) is 0 Å². The Kier molecular flexibility index (Phi) is 3.67. The van der Waals surface area contributed by atoms with Gasteiger partial charge < -0.3 is 4.74 Å². The van der Waals surface area contributed by atoms with Crippen LogP contribution in [-0.4, -0.2) is 16.3 Å². The van der Waals surface area contributed by atoms with Gasteiger partial charge in [0.1, 0.15) is 6.20 Å². The minimum atomic E-state index is -5.32. The predicted octanol–water partition coefficient (Wildman–Crippen LogP) is 3.13. The Morgan fingerprint density at radius 2 is 2.00 bits per heavy atom. The molecule has 0 aliphatic rings. The minimum absolute atomic E-state index is 0.433. The van der Waals surface area contributed by atoms with E-state index >= 15 is 0 Å². The minimum Gasteiger partial charge on any atom is -0.398 e. The number of nitro groups is 1. The zero-order chi connectivity index (χ0) is 14.1. The average Bonchev–Trinajstić information content (AvgIpc) is 2.13. The molecule has 0 saturated carbocycles. The summed E-state index contributed by atoms with van der Waals surface area (Å²) >= 11 is 0. The van der Waals surface area contributed by atoms with Crippen LogP contribution in [0.25, 0.3) is 0 Å². The Morgan fingerprint density at radius 1 is 1.44 bits per heavy atom. The normalized spacial score (nSPS) is 11.7. The van der Waals surface area contributed by atoms with E-state index in [2.05, 4.69) is 9.72 Å². The molecule has 0 saturated heterocycles. The highest BCUT2D eigenvalue weighted by Crippen LogP contribution is 2.40. The summed E-state index contributed by atoms with van der Waals surface area (Å²) in [6.45, 7) is 0.994. The van der Waals surface area contributed by atoms with Crippen molar-refractivity contribution in [2.24, 2.45) is 0 Å². The number of pyridine rings is 1. The van der Waals surface area contributed by atoms with E-state index in [1.54, 1.807) is 0 Å². The van der Waals surface area contributed by atoms with Gasteiger partial charge in [0.2, 0.25) is 5.75 Å². The summed E-state index contributed by atoms with van der Waals surface area (Å²) in [4.78, 5) is 12.4. The van der Waals surface area contributed by atoms with E-state index < -0.39 is 40.4 Å². The highest BCUT2D eigenvalue weighted by molar-refractivity contribution is 5.52. The van der Waals surface area contributed by atoms with Gasteiger partial charge in [-0.15, -0.1) is 13.2 Å². The fourth-order valence-corrected chi connectivity index (χ4v) is 1.20. The van der Waals surface area contributed by atoms with Gasteiger partial charge >= 0.3 is 12.0 Å². The number of hydrogen-bond acceptors (Lipinski definition) is 4. The molecule has 0 aliphatic heterocycles. The molecule has 0 bridgehead atoms. The molecule has 1 aromatic rings. The third kappa shape index (κ3) is 3.02. The molecule has 5 nitrogen and oxygen atoms in total. The SMILES string of the molecule is Cc1ncc([N+](=O)[O-])c(OC(F)(F)F)c1C(F)F. The van der Waals surface area contributed by atoms with Gasteiger partial charge in [0.25, 0.3) is 6.43 Å². The van der Waals surface area contributed by atoms with Gasteiger partial charge in [0.05, 0.1) is 16.2 Å². The maximum atomic E-state index is 12.6. The smallest absolute Gasteiger partial charge is 0.398 e. The van der Waals surface area contributed by atoms with Gasteiger partial charge in [0, 0.05) is 0 Å². The molecule has 1 heterocycles. The van der Waals surface area contributed by atoms with Crippen molar-refractivity contribution in [3.05, 3.63) is 27.6 Å². The molecule has 0 aliphatic carbocycles. The largest absolute Gasteiger partial charge is 0.573 e. The first kappa shape index (κ1) is 14.1. The standard InChI is InChI=1S/C8H5F5N2O3/c1-3-5(7(9)10)6(18-8(11,12)13)4(2-14-3)15(16)17/h2,7H,1H3. The van der Waals surface area contributed by atoms with E-state index in [1.165, 1.54) is 0 Å². The number of halogens is 5. The molecule has 1 aromatic heterocycles. The molecule has 0 radical (unpaired) electrons. The Labute approximate surface area is 96.3 Å². The van der Waals surface area contributed by atoms with Crippen LogP contribution >= 0.6 is 0 Å². The number of aryl methyl sites for hydroxylation is 1. The molecule has 0 unspecified atom stereocenters. The summed E-state index contributed by atoms with van der Waals surface area (Å²) in [5, 5.41) is 10.5. The van der Waals surface area contributed by atoms with Crippen molar-refractivity contribution in [3.8, 4) is 5.75 Å². The Morgan fingerprint density at radius 3 is 2.39 bits per heavy atom. The van der Waals surface area contributed by atoms with Crippen molar-refractivity contribution in [2.45, 2.75) is 19.7 Å². The molecule has 1 rings (SSSR count). The second-order valence-corrected chi connectivity index (χ2v) is 3.08. The van der Waals surface area contributed by atoms with Crippen molar-refractivity contribution in [1.82, 2.24) is 4.98 Å². The summed E-state index contributed by atoms with van der Waals surface area (Å²) in [5.74, 6) is -1.53. The number of aromatic nitrogens is 1. The lowest BCUT2D eigenvalue weighted by Crippen LogP contribution is -2.20. The molecular weight excluding hydrogens is 267 g/mol. The van der Waals surface area contributed by atoms with Crippen LogP contribution in [0, 0.1) is 17.0 Å². The summed E-state index contributed by atoms with van der Waals surface area (Å²) < 4.78 is 64.6. The van der Waals surface area contributed by atoms with E-state index in [0.29, 0.717) is 6.20 Å². The maximum absolute atomic E-state index is 12.6. The average molecular weight is 272 g/mol. The van der Waals surface area contributed by atoms with E-state index in [-0.39, 0.29) is 0 Å². The molecular formula is C8H5F5N2O3. The number of ether oxygens (including phenoxy) is 1. The van der Waals surface area contributed by atoms with Crippen molar-refractivity contribution in [2.75, 3.05) is 0 Å². The third-order valence-electron chi connectivity index (χ3n) is 1.88. The molecule has 100 valence electrons. The van der Waals surface area contributed by atoms with Gasteiger partial charge in [-0.25, -0.2) is 8.78 Å². The van der Waals surface area contributed by atoms with E-state index in [9.17, 15) is 32.1 Å². The highest BCUT2D eigenvalue weighted by atomic mass is 19.4. The molecule has 0 atom stereocenters. The predicted molar refractivity (Wildman–Crippen MR) is 47.3 cm³/mol. The highest BCUT2D eigenvalue weighted by Gasteiger charge is 2.38. The van der Waals surface area contributed by atoms with E-state index in [0.717, 1.165) is 6.92 Å². The first-order valence-corrected chi connectivity index (χ1v) is 4.31. The Hall–Kier alpha value is -2.00. The van der Waals surface area contributed by atoms with Crippen LogP contribution in [0.1, 0.15) is 17.7 Å². The first-order valence-electron chi connectivity index (χ1n) is 4.31. The van der Waals surface area contributed by atoms with Crippen LogP contribution in [0.2, 0.25) is 0 Å². The van der Waals surface area contributed by atoms with Gasteiger partial charge in [-0.1, -0.05) is 0 Å². The molecule has 0 N–H and O–H groups in total. The van der Waals surface area contributed by atoms with Crippen molar-refractivity contribution in [3.63, 3.8) is 0 Å². The third-order valence-corrected chi connectivity index (χ3v) is 1.88. The molecule has 0 amide bonds. The number of alkyl halides is 5. The fourth-order valence-electron chi connectivity index (χ4n) is 1.20. The van der Waals surface area contributed by atoms with Crippen molar-refractivity contribution >= 4 is 5.69 Å². The zero-order valence-corrected chi connectivity index (χ0v) is 8.66. The Balaban J connectivity index is 3.48. The molecule has 10 heteroatoms. The lowest BCUT2D eigenvalue weighted by Gasteiger charge is -2.14. The number of rotatable bonds is 3. The van der Waals surface area contributed by atoms with Crippen LogP contribution in [0.4, 0.5) is 27.6 Å². The zero-order valence-electron chi connectivity index (χ0n) is 8.66. The van der Waals surface area contributed by atoms with Crippen LogP contribution in [0.3, 0.4) is 0 Å². The molecule has 18 heavy (non-hydrogen) atoms.